The summed E-state index contributed by atoms with van der Waals surface area (Å²) in [7, 11) is 0. The number of ether oxygens (including phenoxy) is 3. The highest BCUT2D eigenvalue weighted by atomic mass is 19.4. The standard InChI is InChI=1S/C35H45F3N4O6/c1-18-28-16-42(29(18)19(2)43)32(44)30(34(3,4)5)41-33(45)48-27-14-20-13-23(20)22(27)9-7-6-8-10-25-31(47-28)40-26-15-21(11-12-24(26)39-25)46-17-35(36,37)38/h11-12,15,18,20,22-23,27-30H,6-10,13-14,16-17H2,1-5H3,(H,41,45)/t18-,20?,22-,23?,27-,28+,29+,30-/m1/s1. The lowest BCUT2D eigenvalue weighted by atomic mass is 9.85. The van der Waals surface area contributed by atoms with E-state index in [9.17, 15) is 27.6 Å². The molecule has 4 aliphatic rings. The van der Waals surface area contributed by atoms with E-state index in [2.05, 4.69) is 5.32 Å². The number of alkyl carbamates (subject to hydrolysis) is 1. The third-order valence-corrected chi connectivity index (χ3v) is 10.5. The minimum Gasteiger partial charge on any atom is -0.484 e. The second kappa shape index (κ2) is 13.0. The number of fused-ring (bicyclic) bond motifs is 7. The van der Waals surface area contributed by atoms with Gasteiger partial charge in [0, 0.05) is 12.0 Å². The van der Waals surface area contributed by atoms with Crippen molar-refractivity contribution in [1.82, 2.24) is 20.2 Å². The second-order valence-electron chi connectivity index (χ2n) is 15.1. The number of amides is 2. The molecule has 2 amide bonds. The number of rotatable bonds is 3. The van der Waals surface area contributed by atoms with Gasteiger partial charge in [0.1, 0.15) is 29.7 Å². The van der Waals surface area contributed by atoms with Gasteiger partial charge in [-0.15, -0.1) is 0 Å². The zero-order chi connectivity index (χ0) is 34.5. The van der Waals surface area contributed by atoms with Crippen molar-refractivity contribution in [3.63, 3.8) is 0 Å². The van der Waals surface area contributed by atoms with Crippen LogP contribution in [0.25, 0.3) is 11.0 Å². The van der Waals surface area contributed by atoms with E-state index >= 15 is 0 Å². The van der Waals surface area contributed by atoms with Crippen LogP contribution in [0.15, 0.2) is 18.2 Å². The van der Waals surface area contributed by atoms with Crippen LogP contribution in [-0.4, -0.2) is 76.3 Å². The first-order valence-corrected chi connectivity index (χ1v) is 17.0. The Bertz CT molecular complexity index is 1560. The summed E-state index contributed by atoms with van der Waals surface area (Å²) in [5.74, 6) is 0.582. The number of hydrogen-bond acceptors (Lipinski definition) is 8. The van der Waals surface area contributed by atoms with Gasteiger partial charge in [-0.1, -0.05) is 40.5 Å². The third-order valence-electron chi connectivity index (χ3n) is 10.5. The van der Waals surface area contributed by atoms with Gasteiger partial charge >= 0.3 is 12.3 Å². The largest absolute Gasteiger partial charge is 0.484 e. The maximum absolute atomic E-state index is 14.3. The average molecular weight is 675 g/mol. The fraction of sp³-hybridized carbons (Fsp3) is 0.686. The normalized spacial score (nSPS) is 31.4. The highest BCUT2D eigenvalue weighted by molar-refractivity contribution is 5.92. The topological polar surface area (TPSA) is 120 Å². The van der Waals surface area contributed by atoms with Gasteiger partial charge in [-0.2, -0.15) is 13.2 Å². The molecule has 13 heteroatoms. The van der Waals surface area contributed by atoms with Crippen molar-refractivity contribution in [2.24, 2.45) is 29.1 Å². The van der Waals surface area contributed by atoms with Gasteiger partial charge in [0.15, 0.2) is 12.4 Å². The number of carbonyl (C=O) groups excluding carboxylic acids is 3. The maximum Gasteiger partial charge on any atom is 0.422 e. The number of ketones is 1. The average Bonchev–Trinajstić information content (AvgIpc) is 3.56. The van der Waals surface area contributed by atoms with E-state index in [-0.39, 0.29) is 36.0 Å². The number of hydrogen-bond donors (Lipinski definition) is 1. The van der Waals surface area contributed by atoms with E-state index in [1.54, 1.807) is 6.07 Å². The molecular formula is C35H45F3N4O6. The molecule has 1 N–H and O–H groups in total. The molecule has 2 aliphatic carbocycles. The van der Waals surface area contributed by atoms with Crippen LogP contribution in [0.4, 0.5) is 18.0 Å². The summed E-state index contributed by atoms with van der Waals surface area (Å²) in [4.78, 5) is 51.6. The van der Waals surface area contributed by atoms with Crippen molar-refractivity contribution < 1.29 is 41.8 Å². The first-order chi connectivity index (χ1) is 22.6. The number of Topliss-reactive ketones (excluding diaryl/α,β-unsaturated/α-hetero) is 1. The summed E-state index contributed by atoms with van der Waals surface area (Å²) in [5.41, 5.74) is 0.707. The SMILES string of the molecule is CC(=O)[C@@H]1[C@H](C)[C@@H]2CN1C(=O)[C@H](C(C)(C)C)NC(=O)O[C@@H]1CC3CC3[C@H]1CCCCCc1nc3ccc(OCC(F)(F)F)cc3nc1O2. The summed E-state index contributed by atoms with van der Waals surface area (Å²) in [5, 5.41) is 2.86. The predicted molar refractivity (Wildman–Crippen MR) is 169 cm³/mol. The molecule has 10 nitrogen and oxygen atoms in total. The first-order valence-electron chi connectivity index (χ1n) is 17.0. The van der Waals surface area contributed by atoms with Crippen molar-refractivity contribution in [3.8, 4) is 11.6 Å². The minimum atomic E-state index is -4.49. The van der Waals surface area contributed by atoms with Crippen molar-refractivity contribution in [2.75, 3.05) is 13.2 Å². The Hall–Kier alpha value is -3.64. The second-order valence-corrected chi connectivity index (χ2v) is 15.1. The number of aromatic nitrogens is 2. The van der Waals surface area contributed by atoms with E-state index in [1.807, 2.05) is 27.7 Å². The number of alkyl halides is 3. The summed E-state index contributed by atoms with van der Waals surface area (Å²) in [6.07, 6.45) is 0.194. The van der Waals surface area contributed by atoms with Gasteiger partial charge in [0.2, 0.25) is 11.8 Å². The third kappa shape index (κ3) is 7.34. The molecule has 1 saturated heterocycles. The summed E-state index contributed by atoms with van der Waals surface area (Å²) in [6, 6.07) is 2.65. The molecule has 2 aromatic rings. The highest BCUT2D eigenvalue weighted by Crippen LogP contribution is 2.57. The molecule has 2 aliphatic heterocycles. The molecule has 8 atom stereocenters. The number of nitrogens with zero attached hydrogens (tertiary/aromatic N) is 3. The van der Waals surface area contributed by atoms with Gasteiger partial charge in [0.05, 0.1) is 23.6 Å². The van der Waals surface area contributed by atoms with Crippen molar-refractivity contribution in [3.05, 3.63) is 23.9 Å². The van der Waals surface area contributed by atoms with Crippen LogP contribution in [0.2, 0.25) is 0 Å². The Morgan fingerprint density at radius 1 is 1.02 bits per heavy atom. The number of benzene rings is 1. The van der Waals surface area contributed by atoms with Crippen LogP contribution in [-0.2, 0) is 20.7 Å². The molecular weight excluding hydrogens is 629 g/mol. The fourth-order valence-electron chi connectivity index (χ4n) is 7.94. The molecule has 1 aromatic heterocycles. The predicted octanol–water partition coefficient (Wildman–Crippen LogP) is 6.04. The van der Waals surface area contributed by atoms with Crippen molar-refractivity contribution >= 4 is 28.8 Å². The van der Waals surface area contributed by atoms with E-state index in [0.717, 1.165) is 38.5 Å². The zero-order valence-electron chi connectivity index (χ0n) is 28.1. The minimum absolute atomic E-state index is 0.000664. The lowest BCUT2D eigenvalue weighted by Crippen LogP contribution is -2.57. The quantitative estimate of drug-likeness (QED) is 0.419. The van der Waals surface area contributed by atoms with E-state index in [1.165, 1.54) is 24.0 Å². The van der Waals surface area contributed by atoms with Gasteiger partial charge in [-0.3, -0.25) is 9.59 Å². The lowest BCUT2D eigenvalue weighted by molar-refractivity contribution is -0.153. The molecule has 3 heterocycles. The summed E-state index contributed by atoms with van der Waals surface area (Å²) < 4.78 is 55.9. The lowest BCUT2D eigenvalue weighted by Gasteiger charge is -2.35. The molecule has 2 unspecified atom stereocenters. The molecule has 2 saturated carbocycles. The van der Waals surface area contributed by atoms with Gasteiger partial charge in [-0.25, -0.2) is 14.8 Å². The number of nitrogens with one attached hydrogen (secondary N) is 1. The van der Waals surface area contributed by atoms with Gasteiger partial charge < -0.3 is 24.4 Å². The molecule has 1 aromatic carbocycles. The maximum atomic E-state index is 14.3. The Morgan fingerprint density at radius 3 is 2.50 bits per heavy atom. The summed E-state index contributed by atoms with van der Waals surface area (Å²) >= 11 is 0. The molecule has 0 spiro atoms. The molecule has 0 radical (unpaired) electrons. The van der Waals surface area contributed by atoms with Crippen LogP contribution in [0.1, 0.15) is 78.8 Å². The van der Waals surface area contributed by atoms with Gasteiger partial charge in [0.25, 0.3) is 0 Å². The fourth-order valence-corrected chi connectivity index (χ4v) is 7.94. The van der Waals surface area contributed by atoms with Crippen molar-refractivity contribution in [2.45, 2.75) is 110 Å². The Labute approximate surface area is 278 Å². The van der Waals surface area contributed by atoms with Crippen LogP contribution >= 0.6 is 0 Å². The van der Waals surface area contributed by atoms with Crippen LogP contribution in [0, 0.1) is 29.1 Å². The molecule has 262 valence electrons. The highest BCUT2D eigenvalue weighted by Gasteiger charge is 2.55. The molecule has 2 bridgehead atoms. The molecule has 3 fully saturated rings. The molecule has 6 rings (SSSR count). The van der Waals surface area contributed by atoms with E-state index in [0.29, 0.717) is 35.0 Å². The Morgan fingerprint density at radius 2 is 1.79 bits per heavy atom. The zero-order valence-corrected chi connectivity index (χ0v) is 28.1. The monoisotopic (exact) mass is 674 g/mol. The van der Waals surface area contributed by atoms with E-state index < -0.39 is 54.3 Å². The Balaban J connectivity index is 1.34. The number of aryl methyl sites for hydroxylation is 1. The smallest absolute Gasteiger partial charge is 0.422 e. The number of carbonyl (C=O) groups is 3. The van der Waals surface area contributed by atoms with Crippen molar-refractivity contribution in [1.29, 1.82) is 0 Å². The van der Waals surface area contributed by atoms with E-state index in [4.69, 9.17) is 24.2 Å². The first kappa shape index (κ1) is 34.2. The summed E-state index contributed by atoms with van der Waals surface area (Å²) in [6.45, 7) is 7.47. The van der Waals surface area contributed by atoms with Crippen LogP contribution < -0.4 is 14.8 Å². The number of halogens is 3. The molecule has 48 heavy (non-hydrogen) atoms. The van der Waals surface area contributed by atoms with Crippen LogP contribution in [0.5, 0.6) is 11.6 Å². The Kier molecular flexibility index (Phi) is 9.27. The van der Waals surface area contributed by atoms with Gasteiger partial charge in [-0.05, 0) is 74.3 Å². The van der Waals surface area contributed by atoms with Crippen LogP contribution in [0.3, 0.4) is 0 Å².